The Morgan fingerprint density at radius 1 is 0.886 bits per heavy atom. The molecule has 0 fully saturated rings. The quantitative estimate of drug-likeness (QED) is 0.283. The summed E-state index contributed by atoms with van der Waals surface area (Å²) in [5.74, 6) is 0.572. The molecule has 0 radical (unpaired) electrons. The van der Waals surface area contributed by atoms with E-state index in [1.54, 1.807) is 11.0 Å². The van der Waals surface area contributed by atoms with E-state index in [2.05, 4.69) is 6.92 Å². The van der Waals surface area contributed by atoms with Gasteiger partial charge in [0, 0.05) is 5.69 Å². The third-order valence-electron chi connectivity index (χ3n) is 6.55. The smallest absolute Gasteiger partial charge is 0.295 e. The normalized spacial score (nSPS) is 15.0. The van der Waals surface area contributed by atoms with Crippen molar-refractivity contribution >= 4 is 22.6 Å². The first-order valence-electron chi connectivity index (χ1n) is 12.2. The number of anilines is 1. The van der Waals surface area contributed by atoms with Gasteiger partial charge >= 0.3 is 0 Å². The van der Waals surface area contributed by atoms with Crippen molar-refractivity contribution in [2.24, 2.45) is 0 Å². The van der Waals surface area contributed by atoms with Gasteiger partial charge in [0.15, 0.2) is 5.43 Å². The summed E-state index contributed by atoms with van der Waals surface area (Å²) in [6.07, 6.45) is 3.29. The molecule has 3 aromatic carbocycles. The van der Waals surface area contributed by atoms with Gasteiger partial charge < -0.3 is 9.15 Å². The van der Waals surface area contributed by atoms with Crippen molar-refractivity contribution in [1.82, 2.24) is 0 Å². The number of benzene rings is 3. The summed E-state index contributed by atoms with van der Waals surface area (Å²) in [4.78, 5) is 29.1. The standard InChI is InChI=1S/C30H29NO4/c1-4-5-6-17-34-23-14-10-21(11-15-23)27-26-28(32)24-18-20(3)9-16-25(24)35-29(26)30(33)31(27)22-12-7-19(2)8-13-22/h7-16,18,27H,4-6,17H2,1-3H3. The van der Waals surface area contributed by atoms with E-state index < -0.39 is 6.04 Å². The van der Waals surface area contributed by atoms with Crippen molar-refractivity contribution in [1.29, 1.82) is 0 Å². The van der Waals surface area contributed by atoms with E-state index >= 15 is 0 Å². The van der Waals surface area contributed by atoms with E-state index in [9.17, 15) is 9.59 Å². The number of rotatable bonds is 7. The van der Waals surface area contributed by atoms with Crippen molar-refractivity contribution in [3.05, 3.63) is 105 Å². The second kappa shape index (κ2) is 9.41. The highest BCUT2D eigenvalue weighted by Crippen LogP contribution is 2.41. The SMILES string of the molecule is CCCCCOc1ccc(C2c3c(oc4ccc(C)cc4c3=O)C(=O)N2c2ccc(C)cc2)cc1. The molecule has 5 heteroatoms. The fourth-order valence-corrected chi connectivity index (χ4v) is 4.66. The van der Waals surface area contributed by atoms with Gasteiger partial charge in [-0.15, -0.1) is 0 Å². The van der Waals surface area contributed by atoms with Crippen LogP contribution in [0.25, 0.3) is 11.0 Å². The molecule has 0 spiro atoms. The Hall–Kier alpha value is -3.86. The Kier molecular flexibility index (Phi) is 6.16. The van der Waals surface area contributed by atoms with Crippen molar-refractivity contribution in [3.63, 3.8) is 0 Å². The van der Waals surface area contributed by atoms with Gasteiger partial charge in [-0.05, 0) is 62.2 Å². The fourth-order valence-electron chi connectivity index (χ4n) is 4.66. The second-order valence-corrected chi connectivity index (χ2v) is 9.21. The third kappa shape index (κ3) is 4.23. The average Bonchev–Trinajstić information content (AvgIpc) is 3.16. The molecule has 4 aromatic rings. The second-order valence-electron chi connectivity index (χ2n) is 9.21. The largest absolute Gasteiger partial charge is 0.494 e. The van der Waals surface area contributed by atoms with Crippen LogP contribution in [0.4, 0.5) is 5.69 Å². The maximum absolute atomic E-state index is 13.7. The molecule has 1 aromatic heterocycles. The van der Waals surface area contributed by atoms with E-state index in [1.165, 1.54) is 0 Å². The highest BCUT2D eigenvalue weighted by Gasteiger charge is 2.43. The molecule has 0 aliphatic carbocycles. The first-order valence-corrected chi connectivity index (χ1v) is 12.2. The minimum absolute atomic E-state index is 0.108. The number of hydrogen-bond donors (Lipinski definition) is 0. The highest BCUT2D eigenvalue weighted by molar-refractivity contribution is 6.10. The van der Waals surface area contributed by atoms with Gasteiger partial charge in [-0.2, -0.15) is 0 Å². The Morgan fingerprint density at radius 3 is 2.31 bits per heavy atom. The lowest BCUT2D eigenvalue weighted by Crippen LogP contribution is -2.29. The van der Waals surface area contributed by atoms with E-state index in [-0.39, 0.29) is 17.1 Å². The van der Waals surface area contributed by atoms with Crippen LogP contribution in [-0.2, 0) is 0 Å². The molecule has 0 saturated heterocycles. The van der Waals surface area contributed by atoms with Crippen molar-refractivity contribution in [2.75, 3.05) is 11.5 Å². The molecular formula is C30H29NO4. The number of ether oxygens (including phenoxy) is 1. The number of carbonyl (C=O) groups is 1. The molecule has 5 nitrogen and oxygen atoms in total. The van der Waals surface area contributed by atoms with Gasteiger partial charge in [0.2, 0.25) is 5.76 Å². The zero-order chi connectivity index (χ0) is 24.5. The van der Waals surface area contributed by atoms with Gasteiger partial charge in [-0.25, -0.2) is 0 Å². The number of carbonyl (C=O) groups excluding carboxylic acids is 1. The summed E-state index contributed by atoms with van der Waals surface area (Å²) in [5, 5.41) is 0.489. The zero-order valence-corrected chi connectivity index (χ0v) is 20.3. The van der Waals surface area contributed by atoms with Crippen LogP contribution in [0.3, 0.4) is 0 Å². The molecule has 1 amide bonds. The highest BCUT2D eigenvalue weighted by atomic mass is 16.5. The molecule has 1 unspecified atom stereocenters. The molecule has 0 saturated carbocycles. The molecule has 178 valence electrons. The zero-order valence-electron chi connectivity index (χ0n) is 20.3. The third-order valence-corrected chi connectivity index (χ3v) is 6.55. The van der Waals surface area contributed by atoms with Crippen LogP contribution in [0.2, 0.25) is 0 Å². The topological polar surface area (TPSA) is 59.8 Å². The van der Waals surface area contributed by atoms with Crippen LogP contribution in [0.15, 0.2) is 75.9 Å². The number of hydrogen-bond acceptors (Lipinski definition) is 4. The first-order chi connectivity index (χ1) is 17.0. The molecule has 35 heavy (non-hydrogen) atoms. The Bertz CT molecular complexity index is 1430. The summed E-state index contributed by atoms with van der Waals surface area (Å²) in [7, 11) is 0. The van der Waals surface area contributed by atoms with E-state index in [1.807, 2.05) is 74.5 Å². The molecule has 1 aliphatic rings. The Morgan fingerprint density at radius 2 is 1.60 bits per heavy atom. The van der Waals surface area contributed by atoms with Gasteiger partial charge in [0.1, 0.15) is 11.3 Å². The number of fused-ring (bicyclic) bond motifs is 2. The number of amides is 1. The van der Waals surface area contributed by atoms with Crippen molar-refractivity contribution in [3.8, 4) is 5.75 Å². The summed E-state index contributed by atoms with van der Waals surface area (Å²) in [6.45, 7) is 6.77. The van der Waals surface area contributed by atoms with Crippen molar-refractivity contribution < 1.29 is 13.9 Å². The van der Waals surface area contributed by atoms with Gasteiger partial charge in [0.25, 0.3) is 5.91 Å². The predicted octanol–water partition coefficient (Wildman–Crippen LogP) is 6.73. The van der Waals surface area contributed by atoms with Gasteiger partial charge in [-0.3, -0.25) is 14.5 Å². The summed E-state index contributed by atoms with van der Waals surface area (Å²) >= 11 is 0. The van der Waals surface area contributed by atoms with Gasteiger partial charge in [0.05, 0.1) is 23.6 Å². The minimum atomic E-state index is -0.587. The predicted molar refractivity (Wildman–Crippen MR) is 139 cm³/mol. The number of nitrogens with zero attached hydrogens (tertiary/aromatic N) is 1. The maximum Gasteiger partial charge on any atom is 0.295 e. The first kappa shape index (κ1) is 22.9. The molecular weight excluding hydrogens is 438 g/mol. The average molecular weight is 468 g/mol. The van der Waals surface area contributed by atoms with Crippen molar-refractivity contribution in [2.45, 2.75) is 46.1 Å². The maximum atomic E-state index is 13.7. The van der Waals surface area contributed by atoms with Crippen LogP contribution in [-0.4, -0.2) is 12.5 Å². The van der Waals surface area contributed by atoms with E-state index in [0.29, 0.717) is 23.1 Å². The lowest BCUT2D eigenvalue weighted by atomic mass is 9.97. The van der Waals surface area contributed by atoms with Crippen LogP contribution < -0.4 is 15.1 Å². The Balaban J connectivity index is 1.62. The Labute approximate surface area is 205 Å². The molecule has 0 N–H and O–H groups in total. The lowest BCUT2D eigenvalue weighted by Gasteiger charge is -2.25. The molecule has 5 rings (SSSR count). The summed E-state index contributed by atoms with van der Waals surface area (Å²) in [6, 6.07) is 20.3. The fraction of sp³-hybridized carbons (Fsp3) is 0.267. The molecule has 1 aliphatic heterocycles. The van der Waals surface area contributed by atoms with Crippen LogP contribution >= 0.6 is 0 Å². The van der Waals surface area contributed by atoms with Crippen LogP contribution in [0.1, 0.15) is 65.0 Å². The van der Waals surface area contributed by atoms with Crippen LogP contribution in [0.5, 0.6) is 5.75 Å². The molecule has 0 bridgehead atoms. The van der Waals surface area contributed by atoms with Gasteiger partial charge in [-0.1, -0.05) is 61.2 Å². The summed E-state index contributed by atoms with van der Waals surface area (Å²) in [5.41, 5.74) is 4.24. The van der Waals surface area contributed by atoms with E-state index in [4.69, 9.17) is 9.15 Å². The summed E-state index contributed by atoms with van der Waals surface area (Å²) < 4.78 is 11.9. The number of unbranched alkanes of at least 4 members (excludes halogenated alkanes) is 2. The molecule has 1 atom stereocenters. The van der Waals surface area contributed by atoms with Crippen LogP contribution in [0, 0.1) is 13.8 Å². The minimum Gasteiger partial charge on any atom is -0.494 e. The lowest BCUT2D eigenvalue weighted by molar-refractivity contribution is 0.0971. The van der Waals surface area contributed by atoms with E-state index in [0.717, 1.165) is 47.4 Å². The number of aryl methyl sites for hydroxylation is 2. The monoisotopic (exact) mass is 467 g/mol. The molecule has 2 heterocycles.